The second-order valence-electron chi connectivity index (χ2n) is 16.1. The van der Waals surface area contributed by atoms with Crippen LogP contribution in [0, 0.1) is 51.2 Å². The fourth-order valence-corrected chi connectivity index (χ4v) is 12.5. The second-order valence-corrected chi connectivity index (χ2v) is 16.1. The highest BCUT2D eigenvalue weighted by Crippen LogP contribution is 2.87. The molecule has 2 aliphatic heterocycles. The van der Waals surface area contributed by atoms with Gasteiger partial charge in [-0.3, -0.25) is 0 Å². The van der Waals surface area contributed by atoms with Crippen molar-refractivity contribution in [3.8, 4) is 0 Å². The number of rotatable bonds is 6. The second kappa shape index (κ2) is 9.66. The van der Waals surface area contributed by atoms with Gasteiger partial charge in [0.2, 0.25) is 0 Å². The summed E-state index contributed by atoms with van der Waals surface area (Å²) in [4.78, 5) is 0. The van der Waals surface area contributed by atoms with E-state index in [1.165, 1.54) is 64.2 Å². The van der Waals surface area contributed by atoms with Crippen LogP contribution in [0.1, 0.15) is 106 Å². The summed E-state index contributed by atoms with van der Waals surface area (Å²) >= 11 is 0. The van der Waals surface area contributed by atoms with Gasteiger partial charge >= 0.3 is 0 Å². The summed E-state index contributed by atoms with van der Waals surface area (Å²) in [6.07, 6.45) is 14.9. The van der Waals surface area contributed by atoms with Crippen LogP contribution in [0.3, 0.4) is 0 Å². The minimum Gasteiger partial charge on any atom is -0.376 e. The Morgan fingerprint density at radius 2 is 1.74 bits per heavy atom. The van der Waals surface area contributed by atoms with Crippen molar-refractivity contribution in [3.63, 3.8) is 0 Å². The van der Waals surface area contributed by atoms with Crippen molar-refractivity contribution >= 4 is 0 Å². The topological polar surface area (TPSA) is 49.0 Å². The van der Waals surface area contributed by atoms with E-state index in [1.54, 1.807) is 0 Å². The van der Waals surface area contributed by atoms with Crippen LogP contribution in [0.15, 0.2) is 0 Å². The average Bonchev–Trinajstić information content (AvgIpc) is 3.49. The Balaban J connectivity index is 1.08. The van der Waals surface area contributed by atoms with Crippen LogP contribution >= 0.6 is 0 Å². The summed E-state index contributed by atoms with van der Waals surface area (Å²) in [7, 11) is 0. The summed E-state index contributed by atoms with van der Waals surface area (Å²) in [5, 5.41) is 3.46. The fraction of sp³-hybridized carbons (Fsp3) is 1.00. The molecule has 0 radical (unpaired) electrons. The minimum absolute atomic E-state index is 0.0688. The van der Waals surface area contributed by atoms with Gasteiger partial charge in [-0.05, 0) is 122 Å². The Morgan fingerprint density at radius 1 is 0.923 bits per heavy atom. The molecule has 7 rings (SSSR count). The molecule has 5 aliphatic carbocycles. The molecule has 39 heavy (non-hydrogen) atoms. The van der Waals surface area contributed by atoms with Crippen molar-refractivity contribution in [3.05, 3.63) is 0 Å². The monoisotopic (exact) mass is 543 g/mol. The maximum Gasteiger partial charge on any atom is 0.170 e. The predicted molar refractivity (Wildman–Crippen MR) is 153 cm³/mol. The van der Waals surface area contributed by atoms with Crippen LogP contribution in [0.4, 0.5) is 0 Å². The highest BCUT2D eigenvalue weighted by atomic mass is 16.7. The maximum absolute atomic E-state index is 7.04. The smallest absolute Gasteiger partial charge is 0.170 e. The molecule has 2 saturated heterocycles. The number of morpholine rings is 1. The Labute approximate surface area is 238 Å². The standard InChI is InChI=1S/C34H57NO4/c1-7-36-30(21(2)3)25-10-8-23-26(38-25)18-24-22-9-11-27-31(4,5)28(39-29-19-35-16-17-37-29)12-13-34(27)20-33(22,34)15-14-32(23,24)6/h21-30,35H,7-20H2,1-6H3. The normalized spacial score (nSPS) is 52.7. The summed E-state index contributed by atoms with van der Waals surface area (Å²) in [5.74, 6) is 3.82. The molecule has 0 amide bonds. The SMILES string of the molecule is CCOC(C(C)C)C1CCC2C(CC3C4CCC5C(C)(C)C(OC6CNCCO6)CCC56CC46CCC23C)O1. The van der Waals surface area contributed by atoms with E-state index < -0.39 is 0 Å². The van der Waals surface area contributed by atoms with Crippen LogP contribution < -0.4 is 5.32 Å². The molecule has 7 aliphatic rings. The van der Waals surface area contributed by atoms with E-state index in [4.69, 9.17) is 18.9 Å². The van der Waals surface area contributed by atoms with Gasteiger partial charge in [-0.15, -0.1) is 0 Å². The number of hydrogen-bond acceptors (Lipinski definition) is 5. The largest absolute Gasteiger partial charge is 0.376 e. The van der Waals surface area contributed by atoms with Gasteiger partial charge in [-0.25, -0.2) is 0 Å². The lowest BCUT2D eigenvalue weighted by molar-refractivity contribution is -0.232. The van der Waals surface area contributed by atoms with Crippen molar-refractivity contribution in [2.75, 3.05) is 26.3 Å². The van der Waals surface area contributed by atoms with E-state index in [9.17, 15) is 0 Å². The summed E-state index contributed by atoms with van der Waals surface area (Å²) in [6.45, 7) is 17.9. The molecule has 222 valence electrons. The quantitative estimate of drug-likeness (QED) is 0.410. The minimum atomic E-state index is -0.0688. The third-order valence-corrected chi connectivity index (χ3v) is 14.1. The van der Waals surface area contributed by atoms with Crippen LogP contribution in [0.25, 0.3) is 0 Å². The molecule has 5 saturated carbocycles. The molecular weight excluding hydrogens is 486 g/mol. The zero-order chi connectivity index (χ0) is 27.2. The van der Waals surface area contributed by atoms with Gasteiger partial charge in [0.1, 0.15) is 0 Å². The molecule has 0 bridgehead atoms. The molecular formula is C34H57NO4. The summed E-state index contributed by atoms with van der Waals surface area (Å²) in [5.41, 5.74) is 1.87. The maximum atomic E-state index is 7.04. The molecule has 0 aromatic rings. The van der Waals surface area contributed by atoms with Crippen LogP contribution in [0.2, 0.25) is 0 Å². The van der Waals surface area contributed by atoms with Gasteiger partial charge in [-0.1, -0.05) is 34.6 Å². The average molecular weight is 544 g/mol. The van der Waals surface area contributed by atoms with E-state index in [-0.39, 0.29) is 23.9 Å². The van der Waals surface area contributed by atoms with Crippen LogP contribution in [0.5, 0.6) is 0 Å². The van der Waals surface area contributed by atoms with E-state index in [2.05, 4.69) is 46.9 Å². The van der Waals surface area contributed by atoms with Gasteiger partial charge in [0.05, 0.1) is 31.0 Å². The zero-order valence-electron chi connectivity index (χ0n) is 25.8. The lowest BCUT2D eigenvalue weighted by Crippen LogP contribution is -2.56. The molecule has 0 aromatic heterocycles. The van der Waals surface area contributed by atoms with Gasteiger partial charge in [0.15, 0.2) is 6.29 Å². The van der Waals surface area contributed by atoms with Crippen molar-refractivity contribution < 1.29 is 18.9 Å². The Morgan fingerprint density at radius 3 is 2.49 bits per heavy atom. The highest BCUT2D eigenvalue weighted by molar-refractivity contribution is 5.29. The summed E-state index contributed by atoms with van der Waals surface area (Å²) in [6, 6.07) is 0. The third kappa shape index (κ3) is 3.95. The van der Waals surface area contributed by atoms with E-state index in [0.29, 0.717) is 34.4 Å². The first-order valence-electron chi connectivity index (χ1n) is 16.9. The molecule has 2 heterocycles. The molecule has 1 N–H and O–H groups in total. The number of hydrogen-bond donors (Lipinski definition) is 1. The first-order valence-corrected chi connectivity index (χ1v) is 16.9. The number of ether oxygens (including phenoxy) is 4. The molecule has 12 atom stereocenters. The third-order valence-electron chi connectivity index (χ3n) is 14.1. The van der Waals surface area contributed by atoms with E-state index in [1.807, 2.05) is 0 Å². The lowest BCUT2D eigenvalue weighted by Gasteiger charge is -2.60. The first kappa shape index (κ1) is 27.6. The van der Waals surface area contributed by atoms with Crippen molar-refractivity contribution in [1.29, 1.82) is 0 Å². The summed E-state index contributed by atoms with van der Waals surface area (Å²) < 4.78 is 25.9. The number of nitrogens with one attached hydrogen (secondary N) is 1. The molecule has 12 unspecified atom stereocenters. The van der Waals surface area contributed by atoms with Crippen molar-refractivity contribution in [1.82, 2.24) is 5.32 Å². The predicted octanol–water partition coefficient (Wildman–Crippen LogP) is 6.59. The van der Waals surface area contributed by atoms with Gasteiger partial charge in [0.25, 0.3) is 0 Å². The Bertz CT molecular complexity index is 917. The Kier molecular flexibility index (Phi) is 6.84. The molecule has 5 nitrogen and oxygen atoms in total. The van der Waals surface area contributed by atoms with Gasteiger partial charge < -0.3 is 24.3 Å². The van der Waals surface area contributed by atoms with E-state index in [0.717, 1.165) is 50.0 Å². The molecule has 0 aromatic carbocycles. The van der Waals surface area contributed by atoms with Crippen molar-refractivity contribution in [2.45, 2.75) is 136 Å². The Hall–Kier alpha value is -0.200. The number of fused-ring (bicyclic) bond motifs is 4. The van der Waals surface area contributed by atoms with Crippen LogP contribution in [-0.4, -0.2) is 57.0 Å². The van der Waals surface area contributed by atoms with Gasteiger partial charge in [0, 0.05) is 19.7 Å². The molecule has 5 heteroatoms. The van der Waals surface area contributed by atoms with E-state index >= 15 is 0 Å². The van der Waals surface area contributed by atoms with Crippen LogP contribution in [-0.2, 0) is 18.9 Å². The van der Waals surface area contributed by atoms with Crippen molar-refractivity contribution in [2.24, 2.45) is 51.2 Å². The van der Waals surface area contributed by atoms with Gasteiger partial charge in [-0.2, -0.15) is 0 Å². The lowest BCUT2D eigenvalue weighted by atomic mass is 9.46. The molecule has 2 spiro atoms. The molecule has 7 fully saturated rings. The zero-order valence-corrected chi connectivity index (χ0v) is 25.8. The fourth-order valence-electron chi connectivity index (χ4n) is 12.5. The highest BCUT2D eigenvalue weighted by Gasteiger charge is 2.80. The first-order chi connectivity index (χ1) is 18.7.